The van der Waals surface area contributed by atoms with Crippen LogP contribution in [0.1, 0.15) is 18.4 Å². The number of hydrogen-bond donors (Lipinski definition) is 1. The summed E-state index contributed by atoms with van der Waals surface area (Å²) in [5, 5.41) is 7.01. The van der Waals surface area contributed by atoms with Crippen LogP contribution in [0.5, 0.6) is 0 Å². The Labute approximate surface area is 110 Å². The van der Waals surface area contributed by atoms with Gasteiger partial charge in [-0.25, -0.2) is 0 Å². The summed E-state index contributed by atoms with van der Waals surface area (Å²) in [5.41, 5.74) is 0.834. The van der Waals surface area contributed by atoms with Crippen LogP contribution in [0.4, 0.5) is 13.2 Å². The minimum absolute atomic E-state index is 0.471. The van der Waals surface area contributed by atoms with Gasteiger partial charge in [-0.15, -0.1) is 0 Å². The smallest absolute Gasteiger partial charge is 0.316 e. The molecular formula is C12H19F3N4. The van der Waals surface area contributed by atoms with Gasteiger partial charge in [0.25, 0.3) is 0 Å². The number of piperidine rings is 1. The second-order valence-electron chi connectivity index (χ2n) is 5.02. The summed E-state index contributed by atoms with van der Waals surface area (Å²) in [7, 11) is 1.94. The van der Waals surface area contributed by atoms with Crippen LogP contribution >= 0.6 is 0 Å². The monoisotopic (exact) mass is 276 g/mol. The van der Waals surface area contributed by atoms with Gasteiger partial charge in [-0.1, -0.05) is 0 Å². The fraction of sp³-hybridized carbons (Fsp3) is 0.750. The molecule has 0 spiro atoms. The highest BCUT2D eigenvalue weighted by Crippen LogP contribution is 2.18. The summed E-state index contributed by atoms with van der Waals surface area (Å²) in [5.74, 6) is 0. The van der Waals surface area contributed by atoms with Gasteiger partial charge in [-0.05, 0) is 26.4 Å². The fourth-order valence-electron chi connectivity index (χ4n) is 2.45. The lowest BCUT2D eigenvalue weighted by molar-refractivity contribution is -0.142. The van der Waals surface area contributed by atoms with Gasteiger partial charge in [-0.2, -0.15) is 18.3 Å². The van der Waals surface area contributed by atoms with Gasteiger partial charge in [-0.3, -0.25) is 9.58 Å². The Hall–Kier alpha value is -1.08. The molecule has 4 nitrogen and oxygen atoms in total. The van der Waals surface area contributed by atoms with Crippen molar-refractivity contribution in [2.24, 2.45) is 0 Å². The molecule has 2 heterocycles. The number of alkyl halides is 3. The largest absolute Gasteiger partial charge is 0.408 e. The van der Waals surface area contributed by atoms with Gasteiger partial charge in [0.2, 0.25) is 0 Å². The molecule has 7 heteroatoms. The number of nitrogens with zero attached hydrogens (tertiary/aromatic N) is 3. The minimum Gasteiger partial charge on any atom is -0.316 e. The lowest BCUT2D eigenvalue weighted by Gasteiger charge is -2.32. The SMILES string of the molecule is CNC1CCCN(Cc2cnn(CC(F)(F)F)c2)C1. The predicted octanol–water partition coefficient (Wildman–Crippen LogP) is 1.63. The Morgan fingerprint density at radius 1 is 1.47 bits per heavy atom. The zero-order chi connectivity index (χ0) is 13.9. The molecule has 108 valence electrons. The van der Waals surface area contributed by atoms with Gasteiger partial charge < -0.3 is 5.32 Å². The molecule has 2 rings (SSSR count). The third kappa shape index (κ3) is 4.50. The van der Waals surface area contributed by atoms with Crippen molar-refractivity contribution >= 4 is 0 Å². The first kappa shape index (κ1) is 14.3. The quantitative estimate of drug-likeness (QED) is 0.907. The van der Waals surface area contributed by atoms with Crippen molar-refractivity contribution in [2.45, 2.75) is 38.1 Å². The molecule has 19 heavy (non-hydrogen) atoms. The third-order valence-corrected chi connectivity index (χ3v) is 3.35. The molecule has 0 amide bonds. The second-order valence-corrected chi connectivity index (χ2v) is 5.02. The minimum atomic E-state index is -4.22. The molecule has 1 saturated heterocycles. The van der Waals surface area contributed by atoms with Gasteiger partial charge in [0.1, 0.15) is 6.54 Å². The Morgan fingerprint density at radius 3 is 2.95 bits per heavy atom. The number of nitrogens with one attached hydrogen (secondary N) is 1. The summed E-state index contributed by atoms with van der Waals surface area (Å²) < 4.78 is 37.6. The van der Waals surface area contributed by atoms with Gasteiger partial charge in [0.05, 0.1) is 6.20 Å². The van der Waals surface area contributed by atoms with E-state index in [9.17, 15) is 13.2 Å². The summed E-state index contributed by atoms with van der Waals surface area (Å²) >= 11 is 0. The maximum absolute atomic E-state index is 12.2. The zero-order valence-electron chi connectivity index (χ0n) is 11.0. The number of aromatic nitrogens is 2. The summed E-state index contributed by atoms with van der Waals surface area (Å²) in [6.45, 7) is 1.56. The topological polar surface area (TPSA) is 33.1 Å². The molecule has 1 aliphatic heterocycles. The first-order chi connectivity index (χ1) is 8.96. The number of likely N-dealkylation sites (tertiary alicyclic amines) is 1. The number of halogens is 3. The number of likely N-dealkylation sites (N-methyl/N-ethyl adjacent to an activating group) is 1. The molecule has 0 radical (unpaired) electrons. The van der Waals surface area contributed by atoms with Crippen molar-refractivity contribution in [1.82, 2.24) is 20.0 Å². The summed E-state index contributed by atoms with van der Waals surface area (Å²) in [6.07, 6.45) is 1.05. The highest BCUT2D eigenvalue weighted by Gasteiger charge is 2.28. The van der Waals surface area contributed by atoms with E-state index in [0.29, 0.717) is 12.6 Å². The normalized spacial score (nSPS) is 21.8. The van der Waals surface area contributed by atoms with Crippen molar-refractivity contribution < 1.29 is 13.2 Å². The van der Waals surface area contributed by atoms with Gasteiger partial charge in [0, 0.05) is 30.9 Å². The molecule has 1 aromatic rings. The van der Waals surface area contributed by atoms with E-state index in [1.54, 1.807) is 0 Å². The van der Waals surface area contributed by atoms with Crippen molar-refractivity contribution in [1.29, 1.82) is 0 Å². The van der Waals surface area contributed by atoms with Crippen molar-refractivity contribution in [2.75, 3.05) is 20.1 Å². The molecule has 0 aliphatic carbocycles. The molecule has 1 fully saturated rings. The van der Waals surface area contributed by atoms with Crippen LogP contribution in [0.3, 0.4) is 0 Å². The highest BCUT2D eigenvalue weighted by atomic mass is 19.4. The van der Waals surface area contributed by atoms with E-state index in [-0.39, 0.29) is 0 Å². The average Bonchev–Trinajstić information content (AvgIpc) is 2.74. The summed E-state index contributed by atoms with van der Waals surface area (Å²) in [6, 6.07) is 0.471. The molecule has 1 N–H and O–H groups in total. The number of hydrogen-bond acceptors (Lipinski definition) is 3. The standard InChI is InChI=1S/C12H19F3N4/c1-16-11-3-2-4-18(8-11)6-10-5-17-19(7-10)9-12(13,14)15/h5,7,11,16H,2-4,6,8-9H2,1H3. The van der Waals surface area contributed by atoms with E-state index in [4.69, 9.17) is 0 Å². The van der Waals surface area contributed by atoms with E-state index in [1.807, 2.05) is 7.05 Å². The molecule has 1 aromatic heterocycles. The van der Waals surface area contributed by atoms with Crippen LogP contribution < -0.4 is 5.32 Å². The van der Waals surface area contributed by atoms with Crippen molar-refractivity contribution in [3.05, 3.63) is 18.0 Å². The maximum Gasteiger partial charge on any atom is 0.408 e. The van der Waals surface area contributed by atoms with Crippen LogP contribution in [0.2, 0.25) is 0 Å². The maximum atomic E-state index is 12.2. The molecule has 0 saturated carbocycles. The second kappa shape index (κ2) is 5.92. The van der Waals surface area contributed by atoms with E-state index in [0.717, 1.165) is 36.2 Å². The van der Waals surface area contributed by atoms with Gasteiger partial charge >= 0.3 is 6.18 Å². The van der Waals surface area contributed by atoms with E-state index in [2.05, 4.69) is 15.3 Å². The van der Waals surface area contributed by atoms with Crippen LogP contribution in [-0.4, -0.2) is 47.0 Å². The number of rotatable bonds is 4. The third-order valence-electron chi connectivity index (χ3n) is 3.35. The Bertz CT molecular complexity index is 402. The highest BCUT2D eigenvalue weighted by molar-refractivity contribution is 5.04. The molecule has 1 unspecified atom stereocenters. The molecule has 1 aliphatic rings. The van der Waals surface area contributed by atoms with E-state index in [1.165, 1.54) is 12.4 Å². The first-order valence-electron chi connectivity index (χ1n) is 6.44. The van der Waals surface area contributed by atoms with Crippen LogP contribution in [0.15, 0.2) is 12.4 Å². The zero-order valence-corrected chi connectivity index (χ0v) is 11.0. The van der Waals surface area contributed by atoms with Crippen LogP contribution in [0, 0.1) is 0 Å². The summed E-state index contributed by atoms with van der Waals surface area (Å²) in [4.78, 5) is 2.25. The fourth-order valence-corrected chi connectivity index (χ4v) is 2.45. The Kier molecular flexibility index (Phi) is 4.46. The van der Waals surface area contributed by atoms with Crippen molar-refractivity contribution in [3.63, 3.8) is 0 Å². The van der Waals surface area contributed by atoms with Crippen molar-refractivity contribution in [3.8, 4) is 0 Å². The molecule has 1 atom stereocenters. The van der Waals surface area contributed by atoms with Crippen LogP contribution in [-0.2, 0) is 13.1 Å². The van der Waals surface area contributed by atoms with E-state index >= 15 is 0 Å². The Balaban J connectivity index is 1.89. The van der Waals surface area contributed by atoms with Gasteiger partial charge in [0.15, 0.2) is 0 Å². The lowest BCUT2D eigenvalue weighted by atomic mass is 10.1. The lowest BCUT2D eigenvalue weighted by Crippen LogP contribution is -2.43. The average molecular weight is 276 g/mol. The molecule has 0 bridgehead atoms. The predicted molar refractivity (Wildman–Crippen MR) is 65.6 cm³/mol. The van der Waals surface area contributed by atoms with Crippen LogP contribution in [0.25, 0.3) is 0 Å². The van der Waals surface area contributed by atoms with E-state index < -0.39 is 12.7 Å². The first-order valence-corrected chi connectivity index (χ1v) is 6.44. The molecular weight excluding hydrogens is 257 g/mol. The Morgan fingerprint density at radius 2 is 2.26 bits per heavy atom. The molecule has 0 aromatic carbocycles.